The molecule has 38 heavy (non-hydrogen) atoms. The number of benzene rings is 3. The third kappa shape index (κ3) is 6.23. The maximum atomic E-state index is 13.9. The highest BCUT2D eigenvalue weighted by Crippen LogP contribution is 2.32. The summed E-state index contributed by atoms with van der Waals surface area (Å²) in [6.45, 7) is 13.2. The van der Waals surface area contributed by atoms with Crippen molar-refractivity contribution in [3.05, 3.63) is 82.9 Å². The molecule has 4 aromatic rings. The lowest BCUT2D eigenvalue weighted by atomic mass is 10.1. The number of rotatable bonds is 10. The topological polar surface area (TPSA) is 82.6 Å². The van der Waals surface area contributed by atoms with Crippen LogP contribution in [0.4, 0.5) is 10.8 Å². The van der Waals surface area contributed by atoms with Gasteiger partial charge in [-0.3, -0.25) is 14.4 Å². The summed E-state index contributed by atoms with van der Waals surface area (Å²) in [7, 11) is -3.79. The Morgan fingerprint density at radius 1 is 0.921 bits per heavy atom. The Balaban J connectivity index is 1.66. The molecule has 0 unspecified atom stereocenters. The van der Waals surface area contributed by atoms with Crippen LogP contribution in [0, 0.1) is 20.8 Å². The molecule has 0 bridgehead atoms. The van der Waals surface area contributed by atoms with E-state index in [1.54, 1.807) is 53.4 Å². The summed E-state index contributed by atoms with van der Waals surface area (Å²) < 4.78 is 29.5. The summed E-state index contributed by atoms with van der Waals surface area (Å²) in [5.74, 6) is -0.221. The van der Waals surface area contributed by atoms with Gasteiger partial charge in [0.1, 0.15) is 0 Å². The van der Waals surface area contributed by atoms with E-state index in [4.69, 9.17) is 4.98 Å². The molecule has 3 aromatic carbocycles. The summed E-state index contributed by atoms with van der Waals surface area (Å²) >= 11 is 1.49. The molecule has 0 atom stereocenters. The number of aromatic nitrogens is 1. The minimum atomic E-state index is -3.79. The number of nitrogens with zero attached hydrogens (tertiary/aromatic N) is 3. The first-order valence-corrected chi connectivity index (χ1v) is 15.0. The van der Waals surface area contributed by atoms with E-state index in [0.717, 1.165) is 34.4 Å². The van der Waals surface area contributed by atoms with Crippen LogP contribution in [-0.4, -0.2) is 50.4 Å². The molecule has 0 radical (unpaired) electrons. The summed E-state index contributed by atoms with van der Waals surface area (Å²) in [5.41, 5.74) is 4.90. The van der Waals surface area contributed by atoms with Crippen molar-refractivity contribution >= 4 is 48.3 Å². The zero-order chi connectivity index (χ0) is 27.4. The third-order valence-electron chi connectivity index (χ3n) is 6.70. The Morgan fingerprint density at radius 3 is 2.29 bits per heavy atom. The number of nitrogens with one attached hydrogen (secondary N) is 1. The number of fused-ring (bicyclic) bond motifs is 1. The number of thiazole rings is 1. The smallest absolute Gasteiger partial charge is 0.261 e. The molecule has 0 saturated heterocycles. The minimum Gasteiger partial charge on any atom is -0.302 e. The normalized spacial score (nSPS) is 11.7. The summed E-state index contributed by atoms with van der Waals surface area (Å²) in [5, 5.41) is 0.632. The van der Waals surface area contributed by atoms with Crippen molar-refractivity contribution < 1.29 is 13.2 Å². The lowest BCUT2D eigenvalue weighted by Crippen LogP contribution is -2.38. The van der Waals surface area contributed by atoms with Gasteiger partial charge >= 0.3 is 0 Å². The van der Waals surface area contributed by atoms with E-state index in [9.17, 15) is 13.2 Å². The van der Waals surface area contributed by atoms with Gasteiger partial charge in [0.05, 0.1) is 15.1 Å². The first-order valence-electron chi connectivity index (χ1n) is 12.7. The highest BCUT2D eigenvalue weighted by atomic mass is 32.2. The Hall–Kier alpha value is -3.27. The van der Waals surface area contributed by atoms with E-state index in [1.807, 2.05) is 6.92 Å². The van der Waals surface area contributed by atoms with E-state index in [-0.39, 0.29) is 10.8 Å². The van der Waals surface area contributed by atoms with Gasteiger partial charge in [0, 0.05) is 24.3 Å². The largest absolute Gasteiger partial charge is 0.302 e. The minimum absolute atomic E-state index is 0.167. The molecule has 0 aliphatic rings. The predicted molar refractivity (Wildman–Crippen MR) is 157 cm³/mol. The second-order valence-electron chi connectivity index (χ2n) is 9.38. The van der Waals surface area contributed by atoms with E-state index < -0.39 is 10.0 Å². The van der Waals surface area contributed by atoms with Gasteiger partial charge in [0.25, 0.3) is 15.9 Å². The maximum Gasteiger partial charge on any atom is 0.261 e. The van der Waals surface area contributed by atoms with Gasteiger partial charge in [-0.1, -0.05) is 48.9 Å². The Bertz CT molecular complexity index is 1500. The SMILES string of the molecule is CCN(CC)CCN(C(=O)c1cccc(NS(=O)(=O)c2ccc(C)cc2)c1)c1nc2cc(C)c(C)cc2s1. The average molecular weight is 551 g/mol. The van der Waals surface area contributed by atoms with Crippen LogP contribution >= 0.6 is 11.3 Å². The Labute approximate surface area is 229 Å². The average Bonchev–Trinajstić information content (AvgIpc) is 3.29. The maximum absolute atomic E-state index is 13.9. The standard InChI is InChI=1S/C29H34N4O3S2/c1-6-32(7-2)15-16-33(29-30-26-17-21(4)22(5)18-27(26)37-29)28(34)23-9-8-10-24(19-23)31-38(35,36)25-13-11-20(3)12-14-25/h8-14,17-19,31H,6-7,15-16H2,1-5H3. The Morgan fingerprint density at radius 2 is 1.61 bits per heavy atom. The molecule has 1 aromatic heterocycles. The molecular formula is C29H34N4O3S2. The van der Waals surface area contributed by atoms with Crippen LogP contribution < -0.4 is 9.62 Å². The highest BCUT2D eigenvalue weighted by molar-refractivity contribution is 7.92. The van der Waals surface area contributed by atoms with Crippen LogP contribution in [0.3, 0.4) is 0 Å². The van der Waals surface area contributed by atoms with Crippen molar-refractivity contribution in [2.45, 2.75) is 39.5 Å². The number of amides is 1. The Kier molecular flexibility index (Phi) is 8.50. The molecule has 1 heterocycles. The quantitative estimate of drug-likeness (QED) is 0.261. The van der Waals surface area contributed by atoms with E-state index >= 15 is 0 Å². The number of aryl methyl sites for hydroxylation is 3. The van der Waals surface area contributed by atoms with Crippen molar-refractivity contribution in [1.82, 2.24) is 9.88 Å². The second kappa shape index (κ2) is 11.6. The first kappa shape index (κ1) is 27.8. The fourth-order valence-corrected chi connectivity index (χ4v) is 6.27. The van der Waals surface area contributed by atoms with Crippen molar-refractivity contribution in [2.24, 2.45) is 0 Å². The number of carbonyl (C=O) groups excluding carboxylic acids is 1. The van der Waals surface area contributed by atoms with Gasteiger partial charge in [-0.25, -0.2) is 13.4 Å². The molecule has 0 spiro atoms. The molecule has 0 fully saturated rings. The molecule has 4 rings (SSSR count). The number of hydrogen-bond donors (Lipinski definition) is 1. The fourth-order valence-electron chi connectivity index (χ4n) is 4.15. The summed E-state index contributed by atoms with van der Waals surface area (Å²) in [4.78, 5) is 22.8. The van der Waals surface area contributed by atoms with Gasteiger partial charge in [0.15, 0.2) is 5.13 Å². The second-order valence-corrected chi connectivity index (χ2v) is 12.1. The van der Waals surface area contributed by atoms with Crippen LogP contribution in [-0.2, 0) is 10.0 Å². The molecule has 1 amide bonds. The zero-order valence-corrected chi connectivity index (χ0v) is 24.1. The van der Waals surface area contributed by atoms with E-state index in [1.165, 1.54) is 16.9 Å². The van der Waals surface area contributed by atoms with E-state index in [2.05, 4.69) is 49.4 Å². The zero-order valence-electron chi connectivity index (χ0n) is 22.5. The predicted octanol–water partition coefficient (Wildman–Crippen LogP) is 6.01. The van der Waals surface area contributed by atoms with Crippen LogP contribution in [0.2, 0.25) is 0 Å². The summed E-state index contributed by atoms with van der Waals surface area (Å²) in [6.07, 6.45) is 0. The van der Waals surface area contributed by atoms with E-state index in [0.29, 0.717) is 29.5 Å². The molecular weight excluding hydrogens is 516 g/mol. The number of anilines is 2. The molecule has 7 nitrogen and oxygen atoms in total. The molecule has 0 saturated carbocycles. The van der Waals surface area contributed by atoms with Crippen molar-refractivity contribution in [2.75, 3.05) is 35.8 Å². The molecule has 1 N–H and O–H groups in total. The first-order chi connectivity index (χ1) is 18.1. The van der Waals surface area contributed by atoms with Gasteiger partial charge < -0.3 is 4.90 Å². The van der Waals surface area contributed by atoms with Gasteiger partial charge in [-0.2, -0.15) is 0 Å². The molecule has 0 aliphatic carbocycles. The fraction of sp³-hybridized carbons (Fsp3) is 0.310. The lowest BCUT2D eigenvalue weighted by Gasteiger charge is -2.25. The highest BCUT2D eigenvalue weighted by Gasteiger charge is 2.23. The third-order valence-corrected chi connectivity index (χ3v) is 9.13. The number of carbonyl (C=O) groups is 1. The van der Waals surface area contributed by atoms with Crippen LogP contribution in [0.1, 0.15) is 40.9 Å². The van der Waals surface area contributed by atoms with Crippen molar-refractivity contribution in [1.29, 1.82) is 0 Å². The van der Waals surface area contributed by atoms with Gasteiger partial charge in [-0.15, -0.1) is 0 Å². The van der Waals surface area contributed by atoms with Crippen LogP contribution in [0.25, 0.3) is 10.2 Å². The number of likely N-dealkylation sites (N-methyl/N-ethyl adjacent to an activating group) is 1. The van der Waals surface area contributed by atoms with Crippen molar-refractivity contribution in [3.8, 4) is 0 Å². The number of sulfonamides is 1. The van der Waals surface area contributed by atoms with Crippen LogP contribution in [0.5, 0.6) is 0 Å². The number of hydrogen-bond acceptors (Lipinski definition) is 6. The molecule has 9 heteroatoms. The van der Waals surface area contributed by atoms with Gasteiger partial charge in [0.2, 0.25) is 0 Å². The van der Waals surface area contributed by atoms with Crippen molar-refractivity contribution in [3.63, 3.8) is 0 Å². The monoisotopic (exact) mass is 550 g/mol. The summed E-state index contributed by atoms with van der Waals surface area (Å²) in [6, 6.07) is 17.4. The van der Waals surface area contributed by atoms with Gasteiger partial charge in [-0.05, 0) is 87.5 Å². The molecule has 0 aliphatic heterocycles. The molecule has 200 valence electrons. The lowest BCUT2D eigenvalue weighted by molar-refractivity contribution is 0.0984. The van der Waals surface area contributed by atoms with Crippen LogP contribution in [0.15, 0.2) is 65.6 Å².